The van der Waals surface area contributed by atoms with Crippen LogP contribution in [0.1, 0.15) is 0 Å². The maximum Gasteiger partial charge on any atom is 0.308 e. The normalized spacial score (nSPS) is 11.0. The van der Waals surface area contributed by atoms with Gasteiger partial charge in [0.05, 0.1) is 10.2 Å². The average molecular weight is 273 g/mol. The topological polar surface area (TPSA) is 48.0 Å². The zero-order valence-electron chi connectivity index (χ0n) is 7.37. The summed E-state index contributed by atoms with van der Waals surface area (Å²) in [7, 11) is 0. The molecule has 2 aromatic rings. The van der Waals surface area contributed by atoms with Crippen molar-refractivity contribution in [2.24, 2.45) is 5.73 Å². The van der Waals surface area contributed by atoms with Crippen molar-refractivity contribution in [2.75, 3.05) is 6.54 Å². The van der Waals surface area contributed by atoms with Crippen LogP contribution in [-0.2, 0) is 6.54 Å². The van der Waals surface area contributed by atoms with Gasteiger partial charge in [0.2, 0.25) is 0 Å². The number of nitrogens with two attached hydrogens (primary N) is 1. The molecule has 0 aliphatic heterocycles. The molecule has 0 radical (unpaired) electrons. The minimum atomic E-state index is 0.0588. The summed E-state index contributed by atoms with van der Waals surface area (Å²) in [5.74, 6) is 0. The van der Waals surface area contributed by atoms with Gasteiger partial charge in [-0.3, -0.25) is 9.36 Å². The molecule has 74 valence electrons. The summed E-state index contributed by atoms with van der Waals surface area (Å²) in [6.45, 7) is 1.07. The van der Waals surface area contributed by atoms with E-state index in [2.05, 4.69) is 15.9 Å². The zero-order valence-corrected chi connectivity index (χ0v) is 9.77. The first-order chi connectivity index (χ1) is 6.72. The Morgan fingerprint density at radius 2 is 2.29 bits per heavy atom. The van der Waals surface area contributed by atoms with Gasteiger partial charge in [0.15, 0.2) is 0 Å². The van der Waals surface area contributed by atoms with Gasteiger partial charge in [0.25, 0.3) is 0 Å². The minimum Gasteiger partial charge on any atom is -0.329 e. The molecule has 0 unspecified atom stereocenters. The number of hydrogen-bond donors (Lipinski definition) is 1. The number of rotatable bonds is 2. The van der Waals surface area contributed by atoms with Crippen LogP contribution < -0.4 is 10.6 Å². The van der Waals surface area contributed by atoms with Crippen LogP contribution in [0.5, 0.6) is 0 Å². The van der Waals surface area contributed by atoms with Crippen LogP contribution in [0.4, 0.5) is 0 Å². The highest BCUT2D eigenvalue weighted by molar-refractivity contribution is 9.10. The minimum absolute atomic E-state index is 0.0588. The van der Waals surface area contributed by atoms with Gasteiger partial charge in [-0.1, -0.05) is 27.3 Å². The van der Waals surface area contributed by atoms with E-state index in [9.17, 15) is 4.79 Å². The van der Waals surface area contributed by atoms with E-state index in [-0.39, 0.29) is 4.87 Å². The van der Waals surface area contributed by atoms with Gasteiger partial charge in [-0.05, 0) is 18.2 Å². The number of aromatic nitrogens is 1. The summed E-state index contributed by atoms with van der Waals surface area (Å²) in [6, 6.07) is 5.82. The van der Waals surface area contributed by atoms with E-state index in [0.717, 1.165) is 14.7 Å². The van der Waals surface area contributed by atoms with Gasteiger partial charge >= 0.3 is 4.87 Å². The van der Waals surface area contributed by atoms with Gasteiger partial charge in [-0.2, -0.15) is 0 Å². The molecule has 0 spiro atoms. The van der Waals surface area contributed by atoms with Crippen molar-refractivity contribution in [3.05, 3.63) is 32.3 Å². The summed E-state index contributed by atoms with van der Waals surface area (Å²) < 4.78 is 3.70. The summed E-state index contributed by atoms with van der Waals surface area (Å²) >= 11 is 4.63. The molecule has 2 rings (SSSR count). The first-order valence-electron chi connectivity index (χ1n) is 4.21. The smallest absolute Gasteiger partial charge is 0.308 e. The van der Waals surface area contributed by atoms with E-state index < -0.39 is 0 Å². The predicted molar refractivity (Wildman–Crippen MR) is 62.8 cm³/mol. The molecule has 3 nitrogen and oxygen atoms in total. The SMILES string of the molecule is NCCn1c(=O)sc2cc(Br)ccc21. The standard InChI is InChI=1S/C9H9BrN2OS/c10-6-1-2-7-8(5-6)14-9(13)12(7)4-3-11/h1-2,5H,3-4,11H2. The summed E-state index contributed by atoms with van der Waals surface area (Å²) in [5.41, 5.74) is 6.41. The molecule has 2 N–H and O–H groups in total. The number of nitrogens with zero attached hydrogens (tertiary/aromatic N) is 1. The highest BCUT2D eigenvalue weighted by Gasteiger charge is 2.06. The molecule has 14 heavy (non-hydrogen) atoms. The van der Waals surface area contributed by atoms with Crippen LogP contribution >= 0.6 is 27.3 Å². The lowest BCUT2D eigenvalue weighted by atomic mass is 10.3. The van der Waals surface area contributed by atoms with Crippen molar-refractivity contribution in [2.45, 2.75) is 6.54 Å². The molecule has 0 aliphatic carbocycles. The van der Waals surface area contributed by atoms with E-state index in [0.29, 0.717) is 13.1 Å². The number of halogens is 1. The molecule has 0 amide bonds. The fraction of sp³-hybridized carbons (Fsp3) is 0.222. The molecule has 0 fully saturated rings. The Balaban J connectivity index is 2.71. The average Bonchev–Trinajstić information content (AvgIpc) is 2.43. The van der Waals surface area contributed by atoms with Gasteiger partial charge in [0, 0.05) is 17.6 Å². The Hall–Kier alpha value is -0.650. The van der Waals surface area contributed by atoms with E-state index in [1.54, 1.807) is 4.57 Å². The van der Waals surface area contributed by atoms with Gasteiger partial charge in [0.1, 0.15) is 0 Å². The van der Waals surface area contributed by atoms with Crippen molar-refractivity contribution in [3.8, 4) is 0 Å². The van der Waals surface area contributed by atoms with Crippen LogP contribution in [0.2, 0.25) is 0 Å². The molecule has 0 saturated carbocycles. The fourth-order valence-corrected chi connectivity index (χ4v) is 2.85. The zero-order chi connectivity index (χ0) is 10.1. The van der Waals surface area contributed by atoms with Gasteiger partial charge in [-0.15, -0.1) is 0 Å². The molecular weight excluding hydrogens is 264 g/mol. The molecule has 1 aromatic heterocycles. The third-order valence-electron chi connectivity index (χ3n) is 1.98. The number of hydrogen-bond acceptors (Lipinski definition) is 3. The highest BCUT2D eigenvalue weighted by Crippen LogP contribution is 2.21. The van der Waals surface area contributed by atoms with Crippen molar-refractivity contribution in [3.63, 3.8) is 0 Å². The third kappa shape index (κ3) is 1.63. The molecular formula is C9H9BrN2OS. The van der Waals surface area contributed by atoms with Crippen molar-refractivity contribution >= 4 is 37.5 Å². The van der Waals surface area contributed by atoms with Crippen LogP contribution in [0.3, 0.4) is 0 Å². The molecule has 0 bridgehead atoms. The van der Waals surface area contributed by atoms with Crippen molar-refractivity contribution in [1.82, 2.24) is 4.57 Å². The lowest BCUT2D eigenvalue weighted by molar-refractivity contribution is 0.721. The van der Waals surface area contributed by atoms with Crippen LogP contribution in [0, 0.1) is 0 Å². The molecule has 0 aliphatic rings. The Morgan fingerprint density at radius 1 is 1.50 bits per heavy atom. The predicted octanol–water partition coefficient (Wildman–Crippen LogP) is 1.78. The molecule has 1 aromatic carbocycles. The van der Waals surface area contributed by atoms with Crippen LogP contribution in [0.25, 0.3) is 10.2 Å². The largest absolute Gasteiger partial charge is 0.329 e. The van der Waals surface area contributed by atoms with E-state index >= 15 is 0 Å². The Morgan fingerprint density at radius 3 is 3.00 bits per heavy atom. The molecule has 0 saturated heterocycles. The second-order valence-corrected chi connectivity index (χ2v) is 4.83. The first-order valence-corrected chi connectivity index (χ1v) is 5.82. The number of thiazole rings is 1. The first kappa shape index (κ1) is 9.89. The summed E-state index contributed by atoms with van der Waals surface area (Å²) in [4.78, 5) is 11.6. The lowest BCUT2D eigenvalue weighted by Crippen LogP contribution is -2.18. The Kier molecular flexibility index (Phi) is 2.71. The molecule has 5 heteroatoms. The number of fused-ring (bicyclic) bond motifs is 1. The molecule has 0 atom stereocenters. The Bertz CT molecular complexity index is 517. The third-order valence-corrected chi connectivity index (χ3v) is 3.42. The quantitative estimate of drug-likeness (QED) is 0.906. The maximum absolute atomic E-state index is 11.6. The summed E-state index contributed by atoms with van der Waals surface area (Å²) in [6.07, 6.45) is 0. The highest BCUT2D eigenvalue weighted by atomic mass is 79.9. The second kappa shape index (κ2) is 3.84. The van der Waals surface area contributed by atoms with Crippen molar-refractivity contribution < 1.29 is 0 Å². The lowest BCUT2D eigenvalue weighted by Gasteiger charge is -1.99. The van der Waals surface area contributed by atoms with Crippen LogP contribution in [-0.4, -0.2) is 11.1 Å². The Labute approximate surface area is 93.3 Å². The van der Waals surface area contributed by atoms with E-state index in [4.69, 9.17) is 5.73 Å². The molecule has 1 heterocycles. The van der Waals surface area contributed by atoms with Crippen LogP contribution in [0.15, 0.2) is 27.5 Å². The van der Waals surface area contributed by atoms with Gasteiger partial charge in [-0.25, -0.2) is 0 Å². The van der Waals surface area contributed by atoms with Gasteiger partial charge < -0.3 is 5.73 Å². The second-order valence-electron chi connectivity index (χ2n) is 2.92. The monoisotopic (exact) mass is 272 g/mol. The number of benzene rings is 1. The maximum atomic E-state index is 11.6. The van der Waals surface area contributed by atoms with E-state index in [1.165, 1.54) is 11.3 Å². The van der Waals surface area contributed by atoms with Crippen molar-refractivity contribution in [1.29, 1.82) is 0 Å². The fourth-order valence-electron chi connectivity index (χ4n) is 1.38. The van der Waals surface area contributed by atoms with E-state index in [1.807, 2.05) is 18.2 Å². The summed E-state index contributed by atoms with van der Waals surface area (Å²) in [5, 5.41) is 0.